The summed E-state index contributed by atoms with van der Waals surface area (Å²) in [5.41, 5.74) is 5.87. The molecule has 0 saturated heterocycles. The van der Waals surface area contributed by atoms with E-state index in [9.17, 15) is 18.0 Å². The van der Waals surface area contributed by atoms with Crippen LogP contribution in [0.4, 0.5) is 24.5 Å². The van der Waals surface area contributed by atoms with Gasteiger partial charge < -0.3 is 15.8 Å². The normalized spacial score (nSPS) is 11.2. The van der Waals surface area contributed by atoms with Crippen LogP contribution in [0, 0.1) is 0 Å². The predicted octanol–water partition coefficient (Wildman–Crippen LogP) is 2.15. The number of nitrogens with one attached hydrogen (secondary N) is 1. The summed E-state index contributed by atoms with van der Waals surface area (Å²) in [6.07, 6.45) is -3.36. The highest BCUT2D eigenvalue weighted by atomic mass is 19.4. The van der Waals surface area contributed by atoms with Gasteiger partial charge >= 0.3 is 6.36 Å². The first-order valence-corrected chi connectivity index (χ1v) is 5.71. The quantitative estimate of drug-likeness (QED) is 0.910. The molecule has 1 heterocycles. The Morgan fingerprint density at radius 3 is 2.71 bits per heavy atom. The highest BCUT2D eigenvalue weighted by Gasteiger charge is 2.31. The number of rotatable bonds is 3. The van der Waals surface area contributed by atoms with Crippen molar-refractivity contribution < 1.29 is 22.7 Å². The molecule has 0 saturated carbocycles. The molecule has 1 aromatic carbocycles. The van der Waals surface area contributed by atoms with Gasteiger partial charge in [0.25, 0.3) is 5.91 Å². The van der Waals surface area contributed by atoms with Crippen LogP contribution in [-0.4, -0.2) is 22.1 Å². The Balaban J connectivity index is 2.14. The predicted molar refractivity (Wildman–Crippen MR) is 68.7 cm³/mol. The Kier molecular flexibility index (Phi) is 3.74. The maximum absolute atomic E-state index is 12.1. The van der Waals surface area contributed by atoms with Gasteiger partial charge in [0.05, 0.1) is 5.69 Å². The van der Waals surface area contributed by atoms with Gasteiger partial charge in [0.1, 0.15) is 5.75 Å². The van der Waals surface area contributed by atoms with Gasteiger partial charge in [0, 0.05) is 25.0 Å². The van der Waals surface area contributed by atoms with Crippen molar-refractivity contribution in [1.82, 2.24) is 9.78 Å². The number of nitrogen functional groups attached to an aromatic ring is 1. The summed E-state index contributed by atoms with van der Waals surface area (Å²) in [4.78, 5) is 11.9. The van der Waals surface area contributed by atoms with Crippen LogP contribution in [0.3, 0.4) is 0 Å². The molecule has 0 unspecified atom stereocenters. The molecule has 112 valence electrons. The van der Waals surface area contributed by atoms with Crippen molar-refractivity contribution in [3.8, 4) is 5.75 Å². The number of halogens is 3. The Hall–Kier alpha value is -2.71. The van der Waals surface area contributed by atoms with E-state index in [4.69, 9.17) is 5.73 Å². The first-order chi connectivity index (χ1) is 9.74. The molecule has 0 aliphatic carbocycles. The summed E-state index contributed by atoms with van der Waals surface area (Å²) < 4.78 is 41.5. The van der Waals surface area contributed by atoms with Gasteiger partial charge in [-0.15, -0.1) is 13.2 Å². The number of aryl methyl sites for hydroxylation is 1. The number of hydrogen-bond donors (Lipinski definition) is 2. The molecule has 1 aromatic heterocycles. The molecule has 21 heavy (non-hydrogen) atoms. The van der Waals surface area contributed by atoms with Crippen molar-refractivity contribution in [1.29, 1.82) is 0 Å². The lowest BCUT2D eigenvalue weighted by atomic mass is 10.3. The average molecular weight is 300 g/mol. The standard InChI is InChI=1S/C12H11F3N4O2/c1-19-6-9(16)10(18-19)11(20)17-7-3-2-4-8(5-7)21-12(13,14)15/h2-6H,16H2,1H3,(H,17,20). The van der Waals surface area contributed by atoms with Gasteiger partial charge in [-0.1, -0.05) is 6.07 Å². The van der Waals surface area contributed by atoms with Gasteiger partial charge in [-0.25, -0.2) is 0 Å². The molecule has 0 bridgehead atoms. The number of nitrogens with two attached hydrogens (primary N) is 1. The van der Waals surface area contributed by atoms with Crippen LogP contribution in [0.1, 0.15) is 10.5 Å². The molecular weight excluding hydrogens is 289 g/mol. The summed E-state index contributed by atoms with van der Waals surface area (Å²) in [6.45, 7) is 0. The van der Waals surface area contributed by atoms with Gasteiger partial charge in [0.2, 0.25) is 0 Å². The first-order valence-electron chi connectivity index (χ1n) is 5.71. The lowest BCUT2D eigenvalue weighted by Gasteiger charge is -2.10. The van der Waals surface area contributed by atoms with E-state index in [1.54, 1.807) is 7.05 Å². The molecule has 0 aliphatic heterocycles. The molecule has 1 amide bonds. The maximum atomic E-state index is 12.1. The third kappa shape index (κ3) is 3.88. The lowest BCUT2D eigenvalue weighted by molar-refractivity contribution is -0.274. The zero-order valence-electron chi connectivity index (χ0n) is 10.8. The molecule has 9 heteroatoms. The second-order valence-electron chi connectivity index (χ2n) is 4.14. The van der Waals surface area contributed by atoms with Crippen LogP contribution in [0.25, 0.3) is 0 Å². The van der Waals surface area contributed by atoms with Crippen LogP contribution in [0.15, 0.2) is 30.5 Å². The second-order valence-corrected chi connectivity index (χ2v) is 4.14. The van der Waals surface area contributed by atoms with E-state index in [1.807, 2.05) is 0 Å². The molecule has 0 atom stereocenters. The summed E-state index contributed by atoms with van der Waals surface area (Å²) in [5.74, 6) is -1.06. The summed E-state index contributed by atoms with van der Waals surface area (Å²) in [7, 11) is 1.59. The lowest BCUT2D eigenvalue weighted by Crippen LogP contribution is -2.18. The number of alkyl halides is 3. The van der Waals surface area contributed by atoms with Crippen molar-refractivity contribution in [3.63, 3.8) is 0 Å². The van der Waals surface area contributed by atoms with Crippen LogP contribution >= 0.6 is 0 Å². The molecular formula is C12H11F3N4O2. The molecule has 3 N–H and O–H groups in total. The molecule has 0 fully saturated rings. The van der Waals surface area contributed by atoms with Crippen LogP contribution in [0.5, 0.6) is 5.75 Å². The number of aromatic nitrogens is 2. The number of nitrogens with zero attached hydrogens (tertiary/aromatic N) is 2. The Morgan fingerprint density at radius 1 is 1.43 bits per heavy atom. The zero-order valence-corrected chi connectivity index (χ0v) is 10.8. The van der Waals surface area contributed by atoms with Crippen LogP contribution in [0.2, 0.25) is 0 Å². The van der Waals surface area contributed by atoms with E-state index in [0.717, 1.165) is 12.1 Å². The summed E-state index contributed by atoms with van der Waals surface area (Å²) in [6, 6.07) is 4.90. The molecule has 0 aliphatic rings. The Morgan fingerprint density at radius 2 is 2.14 bits per heavy atom. The first kappa shape index (κ1) is 14.7. The van der Waals surface area contributed by atoms with E-state index in [0.29, 0.717) is 0 Å². The summed E-state index contributed by atoms with van der Waals surface area (Å²) >= 11 is 0. The van der Waals surface area contributed by atoms with Gasteiger partial charge in [0.15, 0.2) is 5.69 Å². The minimum atomic E-state index is -4.80. The van der Waals surface area contributed by atoms with E-state index in [-0.39, 0.29) is 17.1 Å². The highest BCUT2D eigenvalue weighted by Crippen LogP contribution is 2.25. The fourth-order valence-corrected chi connectivity index (χ4v) is 1.64. The van der Waals surface area contributed by atoms with E-state index >= 15 is 0 Å². The van der Waals surface area contributed by atoms with Crippen molar-refractivity contribution >= 4 is 17.3 Å². The van der Waals surface area contributed by atoms with E-state index < -0.39 is 18.0 Å². The highest BCUT2D eigenvalue weighted by molar-refractivity contribution is 6.06. The van der Waals surface area contributed by atoms with Gasteiger partial charge in [-0.05, 0) is 12.1 Å². The molecule has 2 rings (SSSR count). The van der Waals surface area contributed by atoms with Crippen molar-refractivity contribution in [3.05, 3.63) is 36.2 Å². The van der Waals surface area contributed by atoms with Gasteiger partial charge in [-0.3, -0.25) is 9.48 Å². The number of carbonyl (C=O) groups is 1. The number of carbonyl (C=O) groups excluding carboxylic acids is 1. The molecule has 0 spiro atoms. The topological polar surface area (TPSA) is 82.2 Å². The van der Waals surface area contributed by atoms with E-state index in [2.05, 4.69) is 15.2 Å². The fourth-order valence-electron chi connectivity index (χ4n) is 1.64. The van der Waals surface area contributed by atoms with Crippen LogP contribution < -0.4 is 15.8 Å². The largest absolute Gasteiger partial charge is 0.573 e. The van der Waals surface area contributed by atoms with Crippen molar-refractivity contribution in [2.75, 3.05) is 11.1 Å². The smallest absolute Gasteiger partial charge is 0.406 e. The number of benzene rings is 1. The monoisotopic (exact) mass is 300 g/mol. The number of ether oxygens (including phenoxy) is 1. The van der Waals surface area contributed by atoms with Gasteiger partial charge in [-0.2, -0.15) is 5.10 Å². The molecule has 2 aromatic rings. The second kappa shape index (κ2) is 5.35. The minimum Gasteiger partial charge on any atom is -0.406 e. The summed E-state index contributed by atoms with van der Waals surface area (Å²) in [5, 5.41) is 6.25. The fraction of sp³-hybridized carbons (Fsp3) is 0.167. The third-order valence-electron chi connectivity index (χ3n) is 2.40. The van der Waals surface area contributed by atoms with E-state index in [1.165, 1.54) is 23.0 Å². The number of anilines is 2. The molecule has 6 nitrogen and oxygen atoms in total. The Labute approximate surface area is 117 Å². The number of amides is 1. The van der Waals surface area contributed by atoms with Crippen molar-refractivity contribution in [2.24, 2.45) is 7.05 Å². The third-order valence-corrected chi connectivity index (χ3v) is 2.40. The SMILES string of the molecule is Cn1cc(N)c(C(=O)Nc2cccc(OC(F)(F)F)c2)n1. The maximum Gasteiger partial charge on any atom is 0.573 e. The average Bonchev–Trinajstić information content (AvgIpc) is 2.66. The Bertz CT molecular complexity index is 667. The zero-order chi connectivity index (χ0) is 15.6. The van der Waals surface area contributed by atoms with Crippen molar-refractivity contribution in [2.45, 2.75) is 6.36 Å². The molecule has 0 radical (unpaired) electrons. The van der Waals surface area contributed by atoms with Crippen LogP contribution in [-0.2, 0) is 7.05 Å². The number of hydrogen-bond acceptors (Lipinski definition) is 4. The minimum absolute atomic E-state index is 0.0142.